The Kier molecular flexibility index (Phi) is 1.31. The van der Waals surface area contributed by atoms with Crippen LogP contribution in [0.3, 0.4) is 0 Å². The van der Waals surface area contributed by atoms with Gasteiger partial charge in [-0.1, -0.05) is 0 Å². The van der Waals surface area contributed by atoms with Gasteiger partial charge in [0, 0.05) is 0 Å². The molecule has 1 fully saturated rings. The minimum atomic E-state index is -0.853. The van der Waals surface area contributed by atoms with Gasteiger partial charge in [0.05, 0.1) is 13.2 Å². The van der Waals surface area contributed by atoms with Crippen molar-refractivity contribution in [2.24, 2.45) is 0 Å². The van der Waals surface area contributed by atoms with Gasteiger partial charge in [0.1, 0.15) is 11.5 Å². The fraction of sp³-hybridized carbons (Fsp3) is 0.500. The Hall–Kier alpha value is -0.800. The number of ether oxygens (including phenoxy) is 1. The summed E-state index contributed by atoms with van der Waals surface area (Å²) in [5, 5.41) is 9.68. The molecule has 0 aliphatic carbocycles. The summed E-state index contributed by atoms with van der Waals surface area (Å²) in [7, 11) is 0. The largest absolute Gasteiger partial charge is 0.463 e. The highest BCUT2D eigenvalue weighted by molar-refractivity contribution is 5.15. The third-order valence-electron chi connectivity index (χ3n) is 1.88. The summed E-state index contributed by atoms with van der Waals surface area (Å²) in [5.41, 5.74) is -0.853. The van der Waals surface area contributed by atoms with Crippen molar-refractivity contribution >= 4 is 0 Å². The average molecular weight is 154 g/mol. The minimum Gasteiger partial charge on any atom is -0.463 e. The second kappa shape index (κ2) is 2.09. The fourth-order valence-electron chi connectivity index (χ4n) is 1.12. The molecule has 2 rings (SSSR count). The Morgan fingerprint density at radius 1 is 1.45 bits per heavy atom. The molecule has 1 aliphatic rings. The zero-order valence-corrected chi connectivity index (χ0v) is 6.33. The average Bonchev–Trinajstić information content (AvgIpc) is 2.31. The van der Waals surface area contributed by atoms with Gasteiger partial charge in [-0.25, -0.2) is 0 Å². The van der Waals surface area contributed by atoms with Crippen molar-refractivity contribution in [3.05, 3.63) is 23.7 Å². The quantitative estimate of drug-likeness (QED) is 0.650. The number of furan rings is 1. The van der Waals surface area contributed by atoms with Gasteiger partial charge in [0.25, 0.3) is 0 Å². The smallest absolute Gasteiger partial charge is 0.168 e. The maximum atomic E-state index is 9.68. The van der Waals surface area contributed by atoms with E-state index in [-0.39, 0.29) is 0 Å². The van der Waals surface area contributed by atoms with Crippen LogP contribution in [0, 0.1) is 6.92 Å². The van der Waals surface area contributed by atoms with E-state index in [0.717, 1.165) is 5.76 Å². The van der Waals surface area contributed by atoms with Gasteiger partial charge in [-0.3, -0.25) is 0 Å². The highest BCUT2D eigenvalue weighted by atomic mass is 16.5. The molecular weight excluding hydrogens is 144 g/mol. The molecule has 0 aromatic carbocycles. The molecule has 0 radical (unpaired) electrons. The zero-order chi connectivity index (χ0) is 7.90. The highest BCUT2D eigenvalue weighted by Crippen LogP contribution is 2.30. The number of rotatable bonds is 1. The van der Waals surface area contributed by atoms with Crippen molar-refractivity contribution in [3.8, 4) is 0 Å². The Labute approximate surface area is 64.6 Å². The standard InChI is InChI=1S/C8H10O3/c1-6-2-3-7(11-6)8(9)4-10-5-8/h2-3,9H,4-5H2,1H3. The lowest BCUT2D eigenvalue weighted by Gasteiger charge is -2.34. The number of hydrogen-bond acceptors (Lipinski definition) is 3. The van der Waals surface area contributed by atoms with Crippen LogP contribution >= 0.6 is 0 Å². The topological polar surface area (TPSA) is 42.6 Å². The van der Waals surface area contributed by atoms with Crippen molar-refractivity contribution in [3.63, 3.8) is 0 Å². The second-order valence-electron chi connectivity index (χ2n) is 2.93. The molecule has 11 heavy (non-hydrogen) atoms. The number of aryl methyl sites for hydroxylation is 1. The van der Waals surface area contributed by atoms with Crippen LogP contribution in [0.4, 0.5) is 0 Å². The third-order valence-corrected chi connectivity index (χ3v) is 1.88. The van der Waals surface area contributed by atoms with E-state index in [1.165, 1.54) is 0 Å². The molecule has 0 bridgehead atoms. The van der Waals surface area contributed by atoms with Crippen molar-refractivity contribution < 1.29 is 14.3 Å². The van der Waals surface area contributed by atoms with Gasteiger partial charge in [-0.05, 0) is 19.1 Å². The fourth-order valence-corrected chi connectivity index (χ4v) is 1.12. The van der Waals surface area contributed by atoms with E-state index in [4.69, 9.17) is 9.15 Å². The Balaban J connectivity index is 2.28. The van der Waals surface area contributed by atoms with E-state index >= 15 is 0 Å². The van der Waals surface area contributed by atoms with E-state index < -0.39 is 5.60 Å². The molecule has 0 unspecified atom stereocenters. The lowest BCUT2D eigenvalue weighted by molar-refractivity contribution is -0.194. The molecule has 0 spiro atoms. The molecule has 1 aliphatic heterocycles. The first-order valence-electron chi connectivity index (χ1n) is 3.58. The molecule has 3 nitrogen and oxygen atoms in total. The van der Waals surface area contributed by atoms with E-state index in [1.54, 1.807) is 6.07 Å². The first-order valence-corrected chi connectivity index (χ1v) is 3.58. The van der Waals surface area contributed by atoms with Crippen LogP contribution in [0.2, 0.25) is 0 Å². The third kappa shape index (κ3) is 0.968. The SMILES string of the molecule is Cc1ccc(C2(O)COC2)o1. The van der Waals surface area contributed by atoms with Crippen molar-refractivity contribution in [2.75, 3.05) is 13.2 Å². The summed E-state index contributed by atoms with van der Waals surface area (Å²) < 4.78 is 10.2. The summed E-state index contributed by atoms with van der Waals surface area (Å²) >= 11 is 0. The summed E-state index contributed by atoms with van der Waals surface area (Å²) in [6.45, 7) is 2.55. The van der Waals surface area contributed by atoms with Crippen molar-refractivity contribution in [2.45, 2.75) is 12.5 Å². The van der Waals surface area contributed by atoms with E-state index in [0.29, 0.717) is 19.0 Å². The molecular formula is C8H10O3. The number of aliphatic hydroxyl groups is 1. The van der Waals surface area contributed by atoms with E-state index in [2.05, 4.69) is 0 Å². The first kappa shape index (κ1) is 6.88. The van der Waals surface area contributed by atoms with E-state index in [1.807, 2.05) is 13.0 Å². The maximum absolute atomic E-state index is 9.68. The van der Waals surface area contributed by atoms with Gasteiger partial charge in [0.2, 0.25) is 0 Å². The van der Waals surface area contributed by atoms with Crippen molar-refractivity contribution in [1.82, 2.24) is 0 Å². The molecule has 0 amide bonds. The Morgan fingerprint density at radius 2 is 2.18 bits per heavy atom. The molecule has 60 valence electrons. The van der Waals surface area contributed by atoms with Crippen LogP contribution < -0.4 is 0 Å². The molecule has 2 heterocycles. The zero-order valence-electron chi connectivity index (χ0n) is 6.33. The van der Waals surface area contributed by atoms with Crippen LogP contribution in [0.5, 0.6) is 0 Å². The van der Waals surface area contributed by atoms with Gasteiger partial charge in [-0.2, -0.15) is 0 Å². The monoisotopic (exact) mass is 154 g/mol. The summed E-state index contributed by atoms with van der Waals surface area (Å²) in [4.78, 5) is 0. The molecule has 1 N–H and O–H groups in total. The van der Waals surface area contributed by atoms with Crippen molar-refractivity contribution in [1.29, 1.82) is 0 Å². The summed E-state index contributed by atoms with van der Waals surface area (Å²) in [6, 6.07) is 3.63. The molecule has 1 aromatic rings. The molecule has 1 aromatic heterocycles. The number of hydrogen-bond donors (Lipinski definition) is 1. The second-order valence-corrected chi connectivity index (χ2v) is 2.93. The minimum absolute atomic E-state index is 0.347. The van der Waals surface area contributed by atoms with Crippen LogP contribution in [0.25, 0.3) is 0 Å². The highest BCUT2D eigenvalue weighted by Gasteiger charge is 2.40. The Bertz CT molecular complexity index is 260. The maximum Gasteiger partial charge on any atom is 0.168 e. The van der Waals surface area contributed by atoms with Gasteiger partial charge in [0.15, 0.2) is 5.60 Å². The predicted octanol–water partition coefficient (Wildman–Crippen LogP) is 0.806. The van der Waals surface area contributed by atoms with Crippen LogP contribution in [0.15, 0.2) is 16.5 Å². The molecule has 3 heteroatoms. The summed E-state index contributed by atoms with van der Waals surface area (Å²) in [6.07, 6.45) is 0. The first-order chi connectivity index (χ1) is 5.21. The van der Waals surface area contributed by atoms with Crippen LogP contribution in [-0.2, 0) is 10.3 Å². The van der Waals surface area contributed by atoms with Gasteiger partial charge < -0.3 is 14.3 Å². The molecule has 1 saturated heterocycles. The van der Waals surface area contributed by atoms with Crippen LogP contribution in [-0.4, -0.2) is 18.3 Å². The van der Waals surface area contributed by atoms with Crippen LogP contribution in [0.1, 0.15) is 11.5 Å². The molecule has 0 saturated carbocycles. The molecule has 0 atom stereocenters. The lowest BCUT2D eigenvalue weighted by atomic mass is 10.00. The Morgan fingerprint density at radius 3 is 2.55 bits per heavy atom. The normalized spacial score (nSPS) is 21.3. The summed E-state index contributed by atoms with van der Waals surface area (Å²) in [5.74, 6) is 1.43. The predicted molar refractivity (Wildman–Crippen MR) is 38.2 cm³/mol. The van der Waals surface area contributed by atoms with Gasteiger partial charge >= 0.3 is 0 Å². The van der Waals surface area contributed by atoms with E-state index in [9.17, 15) is 5.11 Å². The van der Waals surface area contributed by atoms with Gasteiger partial charge in [-0.15, -0.1) is 0 Å². The lowest BCUT2D eigenvalue weighted by Crippen LogP contribution is -2.46.